The van der Waals surface area contributed by atoms with Gasteiger partial charge in [-0.3, -0.25) is 5.43 Å². The Balaban J connectivity index is 1.65. The molecule has 0 radical (unpaired) electrons. The number of ether oxygens (including phenoxy) is 1. The Morgan fingerprint density at radius 1 is 0.903 bits per heavy atom. The lowest BCUT2D eigenvalue weighted by atomic mass is 10.1. The number of fused-ring (bicyclic) bond motifs is 2. The minimum absolute atomic E-state index is 0.651. The van der Waals surface area contributed by atoms with Gasteiger partial charge in [-0.15, -0.1) is 0 Å². The first-order chi connectivity index (χ1) is 15.2. The van der Waals surface area contributed by atoms with Crippen LogP contribution in [0.5, 0.6) is 5.75 Å². The molecule has 31 heavy (non-hydrogen) atoms. The molecule has 2 heterocycles. The summed E-state index contributed by atoms with van der Waals surface area (Å²) in [6.45, 7) is 2.04. The zero-order chi connectivity index (χ0) is 21.2. The summed E-state index contributed by atoms with van der Waals surface area (Å²) < 4.78 is 11.5. The van der Waals surface area contributed by atoms with Crippen molar-refractivity contribution < 1.29 is 9.15 Å². The minimum Gasteiger partial charge on any atom is -0.497 e. The fourth-order valence-electron chi connectivity index (χ4n) is 3.47. The molecule has 6 heteroatoms. The maximum Gasteiger partial charge on any atom is 0.157 e. The highest BCUT2D eigenvalue weighted by molar-refractivity contribution is 5.88. The molecule has 1 N–H and O–H groups in total. The number of hydrogen-bond acceptors (Lipinski definition) is 6. The Morgan fingerprint density at radius 2 is 1.74 bits per heavy atom. The molecule has 152 valence electrons. The van der Waals surface area contributed by atoms with Gasteiger partial charge in [0.2, 0.25) is 0 Å². The summed E-state index contributed by atoms with van der Waals surface area (Å²) in [5.74, 6) is 2.16. The van der Waals surface area contributed by atoms with Crippen LogP contribution in [-0.4, -0.2) is 17.1 Å². The maximum atomic E-state index is 6.21. The SMILES string of the molecule is COc1ccc(-c2c/c(=N/Nc3ncnc4ccccc34)c3ccc(C)cc3o2)cc1. The Labute approximate surface area is 178 Å². The quantitative estimate of drug-likeness (QED) is 0.409. The van der Waals surface area contributed by atoms with E-state index in [1.54, 1.807) is 7.11 Å². The highest BCUT2D eigenvalue weighted by Gasteiger charge is 2.08. The molecular weight excluding hydrogens is 388 g/mol. The number of para-hydroxylation sites is 1. The van der Waals surface area contributed by atoms with Gasteiger partial charge >= 0.3 is 0 Å². The third kappa shape index (κ3) is 3.71. The van der Waals surface area contributed by atoms with Crippen LogP contribution in [0.4, 0.5) is 5.82 Å². The number of hydrogen-bond donors (Lipinski definition) is 1. The summed E-state index contributed by atoms with van der Waals surface area (Å²) in [6.07, 6.45) is 1.53. The molecule has 0 aliphatic heterocycles. The summed E-state index contributed by atoms with van der Waals surface area (Å²) in [5, 5.41) is 7.26. The average molecular weight is 408 g/mol. The molecule has 2 aromatic heterocycles. The van der Waals surface area contributed by atoms with E-state index in [4.69, 9.17) is 9.15 Å². The van der Waals surface area contributed by atoms with Crippen LogP contribution in [0.2, 0.25) is 0 Å². The summed E-state index contributed by atoms with van der Waals surface area (Å²) >= 11 is 0. The van der Waals surface area contributed by atoms with Gasteiger partial charge in [-0.25, -0.2) is 9.97 Å². The number of nitrogens with one attached hydrogen (secondary N) is 1. The van der Waals surface area contributed by atoms with Gasteiger partial charge in [0, 0.05) is 22.4 Å². The fraction of sp³-hybridized carbons (Fsp3) is 0.0800. The number of nitrogens with zero attached hydrogens (tertiary/aromatic N) is 3. The second kappa shape index (κ2) is 7.91. The first-order valence-electron chi connectivity index (χ1n) is 9.90. The maximum absolute atomic E-state index is 6.21. The van der Waals surface area contributed by atoms with Gasteiger partial charge in [0.1, 0.15) is 23.4 Å². The van der Waals surface area contributed by atoms with Crippen molar-refractivity contribution in [1.29, 1.82) is 0 Å². The first kappa shape index (κ1) is 18.8. The Kier molecular flexibility index (Phi) is 4.80. The highest BCUT2D eigenvalue weighted by atomic mass is 16.5. The van der Waals surface area contributed by atoms with E-state index in [0.717, 1.165) is 44.1 Å². The van der Waals surface area contributed by atoms with E-state index in [-0.39, 0.29) is 0 Å². The van der Waals surface area contributed by atoms with E-state index >= 15 is 0 Å². The lowest BCUT2D eigenvalue weighted by molar-refractivity contribution is 0.415. The van der Waals surface area contributed by atoms with Crippen molar-refractivity contribution >= 4 is 27.7 Å². The fourth-order valence-corrected chi connectivity index (χ4v) is 3.47. The number of anilines is 1. The number of aryl methyl sites for hydroxylation is 1. The number of aromatic nitrogens is 2. The number of rotatable bonds is 4. The molecule has 0 unspecified atom stereocenters. The Morgan fingerprint density at radius 3 is 2.58 bits per heavy atom. The molecule has 0 fully saturated rings. The van der Waals surface area contributed by atoms with Crippen LogP contribution in [0.1, 0.15) is 5.56 Å². The molecule has 0 amide bonds. The summed E-state index contributed by atoms with van der Waals surface area (Å²) in [7, 11) is 1.65. The molecule has 3 aromatic carbocycles. The zero-order valence-electron chi connectivity index (χ0n) is 17.2. The van der Waals surface area contributed by atoms with Crippen LogP contribution >= 0.6 is 0 Å². The molecule has 5 aromatic rings. The molecule has 0 saturated carbocycles. The minimum atomic E-state index is 0.651. The Hall–Kier alpha value is -4.19. The van der Waals surface area contributed by atoms with E-state index in [1.165, 1.54) is 6.33 Å². The first-order valence-corrected chi connectivity index (χ1v) is 9.90. The van der Waals surface area contributed by atoms with Crippen molar-refractivity contribution in [3.05, 3.63) is 90.0 Å². The summed E-state index contributed by atoms with van der Waals surface area (Å²) in [4.78, 5) is 8.67. The van der Waals surface area contributed by atoms with Gasteiger partial charge in [0.25, 0.3) is 0 Å². The molecule has 0 atom stereocenters. The monoisotopic (exact) mass is 408 g/mol. The van der Waals surface area contributed by atoms with Crippen molar-refractivity contribution in [2.45, 2.75) is 6.92 Å². The molecule has 0 spiro atoms. The topological polar surface area (TPSA) is 72.5 Å². The van der Waals surface area contributed by atoms with Crippen molar-refractivity contribution in [3.63, 3.8) is 0 Å². The van der Waals surface area contributed by atoms with E-state index in [0.29, 0.717) is 11.6 Å². The predicted octanol–water partition coefficient (Wildman–Crippen LogP) is 5.29. The van der Waals surface area contributed by atoms with E-state index in [1.807, 2.05) is 79.7 Å². The van der Waals surface area contributed by atoms with Crippen LogP contribution in [-0.2, 0) is 0 Å². The normalized spacial score (nSPS) is 11.7. The van der Waals surface area contributed by atoms with Gasteiger partial charge in [-0.05, 0) is 61.0 Å². The van der Waals surface area contributed by atoms with Gasteiger partial charge < -0.3 is 9.15 Å². The molecule has 5 rings (SSSR count). The van der Waals surface area contributed by atoms with Crippen molar-refractivity contribution in [1.82, 2.24) is 9.97 Å². The number of methoxy groups -OCH3 is 1. The van der Waals surface area contributed by atoms with Crippen molar-refractivity contribution in [3.8, 4) is 17.1 Å². The molecule has 0 aliphatic rings. The van der Waals surface area contributed by atoms with Crippen LogP contribution in [0, 0.1) is 6.92 Å². The summed E-state index contributed by atoms with van der Waals surface area (Å²) in [5.41, 5.74) is 6.80. The highest BCUT2D eigenvalue weighted by Crippen LogP contribution is 2.25. The second-order valence-corrected chi connectivity index (χ2v) is 7.19. The largest absolute Gasteiger partial charge is 0.497 e. The Bertz CT molecular complexity index is 1450. The number of benzene rings is 3. The molecule has 0 bridgehead atoms. The lowest BCUT2D eigenvalue weighted by Crippen LogP contribution is -2.08. The zero-order valence-corrected chi connectivity index (χ0v) is 17.2. The van der Waals surface area contributed by atoms with Crippen LogP contribution in [0.25, 0.3) is 33.2 Å². The van der Waals surface area contributed by atoms with Gasteiger partial charge in [0.05, 0.1) is 18.0 Å². The molecule has 6 nitrogen and oxygen atoms in total. The van der Waals surface area contributed by atoms with Crippen LogP contribution < -0.4 is 15.5 Å². The van der Waals surface area contributed by atoms with Gasteiger partial charge in [-0.1, -0.05) is 18.2 Å². The lowest BCUT2D eigenvalue weighted by Gasteiger charge is -2.08. The predicted molar refractivity (Wildman–Crippen MR) is 122 cm³/mol. The standard InChI is InChI=1S/C25H20N4O2/c1-16-7-12-19-22(28-29-25-20-5-3-4-6-21(20)26-15-27-25)14-23(31-24(19)13-16)17-8-10-18(30-2)11-9-17/h3-15H,1-2H3,(H,26,27,29)/b28-22-. The second-order valence-electron chi connectivity index (χ2n) is 7.19. The average Bonchev–Trinajstić information content (AvgIpc) is 2.82. The van der Waals surface area contributed by atoms with Gasteiger partial charge in [0.15, 0.2) is 5.82 Å². The summed E-state index contributed by atoms with van der Waals surface area (Å²) in [6, 6.07) is 23.6. The molecular formula is C25H20N4O2. The van der Waals surface area contributed by atoms with Crippen molar-refractivity contribution in [2.75, 3.05) is 12.5 Å². The molecule has 0 saturated heterocycles. The van der Waals surface area contributed by atoms with Gasteiger partial charge in [-0.2, -0.15) is 5.10 Å². The third-order valence-electron chi connectivity index (χ3n) is 5.10. The van der Waals surface area contributed by atoms with E-state index < -0.39 is 0 Å². The van der Waals surface area contributed by atoms with E-state index in [2.05, 4.69) is 20.5 Å². The van der Waals surface area contributed by atoms with Crippen LogP contribution in [0.15, 0.2) is 88.6 Å². The third-order valence-corrected chi connectivity index (χ3v) is 5.10. The van der Waals surface area contributed by atoms with E-state index in [9.17, 15) is 0 Å². The molecule has 0 aliphatic carbocycles. The smallest absolute Gasteiger partial charge is 0.157 e. The van der Waals surface area contributed by atoms with Crippen molar-refractivity contribution in [2.24, 2.45) is 5.10 Å². The van der Waals surface area contributed by atoms with Crippen LogP contribution in [0.3, 0.4) is 0 Å².